The molecular weight excluding hydrogens is 444 g/mol. The van der Waals surface area contributed by atoms with Gasteiger partial charge in [0.15, 0.2) is 5.78 Å². The van der Waals surface area contributed by atoms with Crippen LogP contribution in [0.15, 0.2) is 71.7 Å². The van der Waals surface area contributed by atoms with Crippen LogP contribution in [0.2, 0.25) is 0 Å². The molecular formula is C28H30N2O5. The highest BCUT2D eigenvalue weighted by Gasteiger charge is 2.21. The van der Waals surface area contributed by atoms with Gasteiger partial charge >= 0.3 is 5.97 Å². The second-order valence-corrected chi connectivity index (χ2v) is 8.34. The van der Waals surface area contributed by atoms with Crippen LogP contribution in [-0.2, 0) is 16.6 Å². The molecule has 182 valence electrons. The van der Waals surface area contributed by atoms with Crippen LogP contribution in [0.4, 0.5) is 0 Å². The summed E-state index contributed by atoms with van der Waals surface area (Å²) in [6, 6.07) is 18.0. The number of hydrogen-bond donors (Lipinski definition) is 1. The number of carbonyl (C=O) groups excluding carboxylic acids is 3. The number of pyridine rings is 1. The number of rotatable bonds is 10. The fraction of sp³-hybridized carbons (Fsp3) is 0.286. The first-order valence-electron chi connectivity index (χ1n) is 11.6. The van der Waals surface area contributed by atoms with Crippen molar-refractivity contribution in [3.63, 3.8) is 0 Å². The van der Waals surface area contributed by atoms with Crippen molar-refractivity contribution in [1.82, 2.24) is 9.88 Å². The van der Waals surface area contributed by atoms with Crippen LogP contribution >= 0.6 is 0 Å². The lowest BCUT2D eigenvalue weighted by Gasteiger charge is -2.20. The van der Waals surface area contributed by atoms with Crippen molar-refractivity contribution in [1.29, 1.82) is 0 Å². The number of esters is 1. The van der Waals surface area contributed by atoms with E-state index in [2.05, 4.69) is 5.32 Å². The Morgan fingerprint density at radius 1 is 0.971 bits per heavy atom. The molecule has 1 unspecified atom stereocenters. The number of nitrogens with one attached hydrogen (secondary N) is 1. The fourth-order valence-electron chi connectivity index (χ4n) is 3.93. The highest BCUT2D eigenvalue weighted by molar-refractivity contribution is 5.97. The highest BCUT2D eigenvalue weighted by Crippen LogP contribution is 2.31. The lowest BCUT2D eigenvalue weighted by molar-refractivity contribution is -0.142. The minimum Gasteiger partial charge on any atom is -0.466 e. The Balaban J connectivity index is 1.80. The van der Waals surface area contributed by atoms with E-state index in [0.717, 1.165) is 16.7 Å². The Morgan fingerprint density at radius 2 is 1.66 bits per heavy atom. The summed E-state index contributed by atoms with van der Waals surface area (Å²) in [4.78, 5) is 48.8. The predicted molar refractivity (Wildman–Crippen MR) is 134 cm³/mol. The molecule has 1 aromatic heterocycles. The number of amides is 1. The van der Waals surface area contributed by atoms with E-state index in [4.69, 9.17) is 4.74 Å². The number of aromatic nitrogens is 1. The van der Waals surface area contributed by atoms with E-state index in [-0.39, 0.29) is 48.5 Å². The topological polar surface area (TPSA) is 94.5 Å². The molecule has 1 atom stereocenters. The average Bonchev–Trinajstić information content (AvgIpc) is 2.85. The molecule has 0 aliphatic rings. The van der Waals surface area contributed by atoms with Crippen molar-refractivity contribution < 1.29 is 19.1 Å². The number of ketones is 1. The van der Waals surface area contributed by atoms with Gasteiger partial charge in [-0.3, -0.25) is 19.2 Å². The molecule has 35 heavy (non-hydrogen) atoms. The van der Waals surface area contributed by atoms with Gasteiger partial charge in [-0.25, -0.2) is 0 Å². The standard InChI is InChI=1S/C28H30N2O5/c1-4-35-27(33)15-16-29-28(34)21-11-9-20(10-12-21)24(23-8-6-5-7-19(23)2)17-25(31)22-13-14-26(32)30(3)18-22/h5-14,18,24H,4,15-17H2,1-3H3,(H,29,34). The summed E-state index contributed by atoms with van der Waals surface area (Å²) >= 11 is 0. The number of aryl methyl sites for hydroxylation is 2. The zero-order valence-corrected chi connectivity index (χ0v) is 20.2. The Hall–Kier alpha value is -4.00. The molecule has 7 heteroatoms. The summed E-state index contributed by atoms with van der Waals surface area (Å²) in [5, 5.41) is 2.72. The first-order chi connectivity index (χ1) is 16.8. The van der Waals surface area contributed by atoms with Crippen LogP contribution in [0, 0.1) is 6.92 Å². The Bertz CT molecular complexity index is 1260. The molecule has 1 amide bonds. The molecule has 0 radical (unpaired) electrons. The second kappa shape index (κ2) is 11.9. The third kappa shape index (κ3) is 6.76. The monoisotopic (exact) mass is 474 g/mol. The maximum absolute atomic E-state index is 13.2. The lowest BCUT2D eigenvalue weighted by Crippen LogP contribution is -2.26. The molecule has 7 nitrogen and oxygen atoms in total. The minimum atomic E-state index is -0.354. The zero-order chi connectivity index (χ0) is 25.4. The molecule has 0 aliphatic carbocycles. The summed E-state index contributed by atoms with van der Waals surface area (Å²) < 4.78 is 6.26. The molecule has 1 heterocycles. The first kappa shape index (κ1) is 25.6. The number of ether oxygens (including phenoxy) is 1. The number of hydrogen-bond acceptors (Lipinski definition) is 5. The molecule has 3 rings (SSSR count). The molecule has 0 bridgehead atoms. The number of nitrogens with zero attached hydrogens (tertiary/aromatic N) is 1. The molecule has 1 N–H and O–H groups in total. The SMILES string of the molecule is CCOC(=O)CCNC(=O)c1ccc(C(CC(=O)c2ccc(=O)n(C)c2)c2ccccc2C)cc1. The van der Waals surface area contributed by atoms with Gasteiger partial charge in [0.2, 0.25) is 5.56 Å². The van der Waals surface area contributed by atoms with Gasteiger partial charge in [0, 0.05) is 49.3 Å². The number of benzene rings is 2. The largest absolute Gasteiger partial charge is 0.466 e. The predicted octanol–water partition coefficient (Wildman–Crippen LogP) is 3.78. The Kier molecular flexibility index (Phi) is 8.73. The van der Waals surface area contributed by atoms with Gasteiger partial charge in [-0.2, -0.15) is 0 Å². The van der Waals surface area contributed by atoms with Gasteiger partial charge in [0.25, 0.3) is 5.91 Å². The van der Waals surface area contributed by atoms with E-state index in [1.165, 1.54) is 10.6 Å². The molecule has 0 saturated heterocycles. The van der Waals surface area contributed by atoms with Gasteiger partial charge in [0.05, 0.1) is 13.0 Å². The second-order valence-electron chi connectivity index (χ2n) is 8.34. The van der Waals surface area contributed by atoms with Crippen molar-refractivity contribution in [2.45, 2.75) is 32.6 Å². The van der Waals surface area contributed by atoms with Crippen LogP contribution in [0.1, 0.15) is 63.1 Å². The quantitative estimate of drug-likeness (QED) is 0.356. The zero-order valence-electron chi connectivity index (χ0n) is 20.2. The van der Waals surface area contributed by atoms with Crippen LogP contribution in [-0.4, -0.2) is 35.4 Å². The minimum absolute atomic E-state index is 0.0744. The van der Waals surface area contributed by atoms with Crippen LogP contribution in [0.5, 0.6) is 0 Å². The van der Waals surface area contributed by atoms with Crippen LogP contribution in [0.25, 0.3) is 0 Å². The van der Waals surface area contributed by atoms with Crippen LogP contribution in [0.3, 0.4) is 0 Å². The highest BCUT2D eigenvalue weighted by atomic mass is 16.5. The van der Waals surface area contributed by atoms with Crippen molar-refractivity contribution in [3.05, 3.63) is 105 Å². The normalized spacial score (nSPS) is 11.5. The lowest BCUT2D eigenvalue weighted by atomic mass is 9.83. The summed E-state index contributed by atoms with van der Waals surface area (Å²) in [6.07, 6.45) is 1.89. The summed E-state index contributed by atoms with van der Waals surface area (Å²) in [5.74, 6) is -0.932. The van der Waals surface area contributed by atoms with Gasteiger partial charge in [0.1, 0.15) is 0 Å². The van der Waals surface area contributed by atoms with E-state index in [1.807, 2.05) is 43.3 Å². The molecule has 0 saturated carbocycles. The molecule has 3 aromatic rings. The van der Waals surface area contributed by atoms with Crippen molar-refractivity contribution >= 4 is 17.7 Å². The average molecular weight is 475 g/mol. The fourth-order valence-corrected chi connectivity index (χ4v) is 3.93. The van der Waals surface area contributed by atoms with E-state index < -0.39 is 0 Å². The third-order valence-corrected chi connectivity index (χ3v) is 5.86. The van der Waals surface area contributed by atoms with Crippen LogP contribution < -0.4 is 10.9 Å². The van der Waals surface area contributed by atoms with Gasteiger partial charge in [-0.1, -0.05) is 36.4 Å². The Labute approximate surface area is 204 Å². The van der Waals surface area contributed by atoms with E-state index in [0.29, 0.717) is 17.7 Å². The van der Waals surface area contributed by atoms with E-state index in [9.17, 15) is 19.2 Å². The molecule has 0 aliphatic heterocycles. The van der Waals surface area contributed by atoms with Crippen molar-refractivity contribution in [2.24, 2.45) is 7.05 Å². The Morgan fingerprint density at radius 3 is 2.31 bits per heavy atom. The maximum atomic E-state index is 13.2. The van der Waals surface area contributed by atoms with Gasteiger partial charge < -0.3 is 14.6 Å². The van der Waals surface area contributed by atoms with Crippen molar-refractivity contribution in [2.75, 3.05) is 13.2 Å². The van der Waals surface area contributed by atoms with Crippen molar-refractivity contribution in [3.8, 4) is 0 Å². The third-order valence-electron chi connectivity index (χ3n) is 5.86. The molecule has 2 aromatic carbocycles. The first-order valence-corrected chi connectivity index (χ1v) is 11.6. The molecule has 0 fully saturated rings. The van der Waals surface area contributed by atoms with E-state index in [1.54, 1.807) is 38.4 Å². The number of Topliss-reactive ketones (excluding diaryl/α,β-unsaturated/α-hetero) is 1. The van der Waals surface area contributed by atoms with Gasteiger partial charge in [-0.05, 0) is 48.7 Å². The maximum Gasteiger partial charge on any atom is 0.307 e. The number of carbonyl (C=O) groups is 3. The summed E-state index contributed by atoms with van der Waals surface area (Å²) in [5.41, 5.74) is 3.76. The molecule has 0 spiro atoms. The summed E-state index contributed by atoms with van der Waals surface area (Å²) in [7, 11) is 1.62. The smallest absolute Gasteiger partial charge is 0.307 e. The van der Waals surface area contributed by atoms with Gasteiger partial charge in [-0.15, -0.1) is 0 Å². The summed E-state index contributed by atoms with van der Waals surface area (Å²) in [6.45, 7) is 4.24. The van der Waals surface area contributed by atoms with E-state index >= 15 is 0 Å².